The lowest BCUT2D eigenvalue weighted by atomic mass is 10.0. The Labute approximate surface area is 204 Å². The second-order valence-corrected chi connectivity index (χ2v) is 9.14. The van der Waals surface area contributed by atoms with Gasteiger partial charge in [0, 0.05) is 34.9 Å². The number of nitrogens with zero attached hydrogens (tertiary/aromatic N) is 2. The Kier molecular flexibility index (Phi) is 4.40. The molecule has 0 fully saturated rings. The summed E-state index contributed by atoms with van der Waals surface area (Å²) in [6.45, 7) is 0. The molecule has 166 valence electrons. The van der Waals surface area contributed by atoms with Crippen molar-refractivity contribution in [3.63, 3.8) is 0 Å². The Hall–Kier alpha value is -4.56. The summed E-state index contributed by atoms with van der Waals surface area (Å²) in [5.41, 5.74) is 5.96. The van der Waals surface area contributed by atoms with Gasteiger partial charge in [-0.25, -0.2) is 0 Å². The number of aromatic nitrogens is 1. The van der Waals surface area contributed by atoms with Gasteiger partial charge in [0.2, 0.25) is 0 Å². The molecule has 0 spiro atoms. The number of benzene rings is 6. The van der Waals surface area contributed by atoms with Crippen LogP contribution < -0.4 is 4.90 Å². The highest BCUT2D eigenvalue weighted by Gasteiger charge is 2.16. The zero-order valence-corrected chi connectivity index (χ0v) is 19.5. The Morgan fingerprint density at radius 3 is 2.06 bits per heavy atom. The van der Waals surface area contributed by atoms with Crippen molar-refractivity contribution < 1.29 is 0 Å². The highest BCUT2D eigenvalue weighted by molar-refractivity contribution is 6.21. The van der Waals surface area contributed by atoms with Crippen LogP contribution in [0.2, 0.25) is 0 Å². The Bertz CT molecular complexity index is 1860. The first kappa shape index (κ1) is 19.9. The molecule has 0 radical (unpaired) electrons. The topological polar surface area (TPSA) is 8.17 Å². The highest BCUT2D eigenvalue weighted by atomic mass is 15.1. The van der Waals surface area contributed by atoms with Crippen molar-refractivity contribution in [1.29, 1.82) is 0 Å². The van der Waals surface area contributed by atoms with Crippen molar-refractivity contribution in [3.05, 3.63) is 127 Å². The van der Waals surface area contributed by atoms with Gasteiger partial charge in [-0.15, -0.1) is 0 Å². The van der Waals surface area contributed by atoms with Crippen molar-refractivity contribution in [2.24, 2.45) is 0 Å². The average Bonchev–Trinajstić information content (AvgIpc) is 3.27. The van der Waals surface area contributed by atoms with Crippen LogP contribution in [0.15, 0.2) is 127 Å². The molecule has 0 saturated heterocycles. The van der Waals surface area contributed by atoms with Crippen LogP contribution in [0.1, 0.15) is 0 Å². The van der Waals surface area contributed by atoms with Crippen LogP contribution in [0.25, 0.3) is 49.0 Å². The number of fused-ring (bicyclic) bond motifs is 6. The molecule has 0 unspecified atom stereocenters. The summed E-state index contributed by atoms with van der Waals surface area (Å²) in [6, 6.07) is 45.9. The zero-order valence-electron chi connectivity index (χ0n) is 19.5. The van der Waals surface area contributed by atoms with Crippen molar-refractivity contribution in [1.82, 2.24) is 4.57 Å². The van der Waals surface area contributed by atoms with Crippen LogP contribution in [0.5, 0.6) is 0 Å². The van der Waals surface area contributed by atoms with E-state index >= 15 is 0 Å². The summed E-state index contributed by atoms with van der Waals surface area (Å²) in [6.07, 6.45) is 0. The van der Waals surface area contributed by atoms with Crippen molar-refractivity contribution in [3.8, 4) is 5.69 Å². The van der Waals surface area contributed by atoms with Crippen LogP contribution in [0, 0.1) is 0 Å². The monoisotopic (exact) mass is 448 g/mol. The predicted molar refractivity (Wildman–Crippen MR) is 150 cm³/mol. The lowest BCUT2D eigenvalue weighted by Gasteiger charge is -2.20. The van der Waals surface area contributed by atoms with Gasteiger partial charge in [0.1, 0.15) is 0 Å². The average molecular weight is 449 g/mol. The standard InChI is InChI=1S/C33H24N2/c1-34(26-12-3-2-4-13-26)27-18-19-30-32(22-27)35(28-17-15-23-9-5-6-11-25(23)21-28)31-20-16-24-10-7-8-14-29(24)33(30)31/h2-22H,1H3. The Morgan fingerprint density at radius 2 is 1.20 bits per heavy atom. The quantitative estimate of drug-likeness (QED) is 0.262. The normalized spacial score (nSPS) is 11.6. The van der Waals surface area contributed by atoms with E-state index in [9.17, 15) is 0 Å². The maximum Gasteiger partial charge on any atom is 0.0562 e. The molecule has 7 rings (SSSR count). The molecule has 0 atom stereocenters. The van der Waals surface area contributed by atoms with Gasteiger partial charge >= 0.3 is 0 Å². The lowest BCUT2D eigenvalue weighted by Crippen LogP contribution is -2.09. The molecular weight excluding hydrogens is 424 g/mol. The molecule has 0 saturated carbocycles. The molecule has 1 aromatic heterocycles. The fourth-order valence-electron chi connectivity index (χ4n) is 5.38. The molecule has 1 heterocycles. The number of para-hydroxylation sites is 1. The van der Waals surface area contributed by atoms with Gasteiger partial charge in [-0.2, -0.15) is 0 Å². The van der Waals surface area contributed by atoms with Crippen molar-refractivity contribution in [2.75, 3.05) is 11.9 Å². The third-order valence-electron chi connectivity index (χ3n) is 7.16. The molecule has 0 aliphatic rings. The van der Waals surface area contributed by atoms with Crippen LogP contribution in [-0.4, -0.2) is 11.6 Å². The van der Waals surface area contributed by atoms with Crippen LogP contribution in [-0.2, 0) is 0 Å². The van der Waals surface area contributed by atoms with Gasteiger partial charge < -0.3 is 9.47 Å². The number of hydrogen-bond donors (Lipinski definition) is 0. The van der Waals surface area contributed by atoms with E-state index in [1.807, 2.05) is 0 Å². The SMILES string of the molecule is CN(c1ccccc1)c1ccc2c3c4ccccc4ccc3n(-c3ccc4ccccc4c3)c2c1. The summed E-state index contributed by atoms with van der Waals surface area (Å²) in [7, 11) is 2.13. The lowest BCUT2D eigenvalue weighted by molar-refractivity contribution is 1.17. The molecule has 6 aromatic carbocycles. The number of hydrogen-bond acceptors (Lipinski definition) is 1. The van der Waals surface area contributed by atoms with E-state index in [2.05, 4.69) is 144 Å². The maximum absolute atomic E-state index is 2.42. The van der Waals surface area contributed by atoms with E-state index in [0.29, 0.717) is 0 Å². The molecule has 0 aliphatic carbocycles. The van der Waals surface area contributed by atoms with E-state index in [4.69, 9.17) is 0 Å². The molecule has 35 heavy (non-hydrogen) atoms. The highest BCUT2D eigenvalue weighted by Crippen LogP contribution is 2.39. The zero-order chi connectivity index (χ0) is 23.4. The molecule has 7 aromatic rings. The molecular formula is C33H24N2. The van der Waals surface area contributed by atoms with Crippen LogP contribution >= 0.6 is 0 Å². The minimum Gasteiger partial charge on any atom is -0.345 e. The third kappa shape index (κ3) is 3.11. The molecule has 0 N–H and O–H groups in total. The van der Waals surface area contributed by atoms with E-state index in [-0.39, 0.29) is 0 Å². The first-order chi connectivity index (χ1) is 17.3. The largest absolute Gasteiger partial charge is 0.345 e. The number of anilines is 2. The summed E-state index contributed by atoms with van der Waals surface area (Å²) in [5.74, 6) is 0. The van der Waals surface area contributed by atoms with Gasteiger partial charge in [0.05, 0.1) is 11.0 Å². The Morgan fingerprint density at radius 1 is 0.486 bits per heavy atom. The first-order valence-corrected chi connectivity index (χ1v) is 12.0. The van der Waals surface area contributed by atoms with Gasteiger partial charge in [0.15, 0.2) is 0 Å². The maximum atomic E-state index is 2.42. The third-order valence-corrected chi connectivity index (χ3v) is 7.16. The van der Waals surface area contributed by atoms with Crippen molar-refractivity contribution >= 4 is 54.7 Å². The summed E-state index contributed by atoms with van der Waals surface area (Å²) in [5, 5.41) is 7.64. The first-order valence-electron chi connectivity index (χ1n) is 12.0. The summed E-state index contributed by atoms with van der Waals surface area (Å²) < 4.78 is 2.42. The number of rotatable bonds is 3. The minimum atomic E-state index is 1.16. The molecule has 0 aliphatic heterocycles. The van der Waals surface area contributed by atoms with Crippen LogP contribution in [0.4, 0.5) is 11.4 Å². The Balaban J connectivity index is 1.57. The molecule has 2 heteroatoms. The van der Waals surface area contributed by atoms with Crippen molar-refractivity contribution in [2.45, 2.75) is 0 Å². The second kappa shape index (κ2) is 7.75. The molecule has 2 nitrogen and oxygen atoms in total. The van der Waals surface area contributed by atoms with E-state index < -0.39 is 0 Å². The van der Waals surface area contributed by atoms with Gasteiger partial charge in [-0.1, -0.05) is 84.9 Å². The molecule has 0 bridgehead atoms. The fourth-order valence-corrected chi connectivity index (χ4v) is 5.38. The van der Waals surface area contributed by atoms with Gasteiger partial charge in [0.25, 0.3) is 0 Å². The summed E-state index contributed by atoms with van der Waals surface area (Å²) in [4.78, 5) is 2.25. The van der Waals surface area contributed by atoms with E-state index in [0.717, 1.165) is 5.69 Å². The fraction of sp³-hybridized carbons (Fsp3) is 0.0303. The summed E-state index contributed by atoms with van der Waals surface area (Å²) >= 11 is 0. The smallest absolute Gasteiger partial charge is 0.0562 e. The molecule has 0 amide bonds. The van der Waals surface area contributed by atoms with Crippen LogP contribution in [0.3, 0.4) is 0 Å². The minimum absolute atomic E-state index is 1.16. The van der Waals surface area contributed by atoms with Gasteiger partial charge in [-0.3, -0.25) is 0 Å². The van der Waals surface area contributed by atoms with E-state index in [1.165, 1.54) is 54.7 Å². The van der Waals surface area contributed by atoms with E-state index in [1.54, 1.807) is 0 Å². The van der Waals surface area contributed by atoms with Gasteiger partial charge in [-0.05, 0) is 64.0 Å². The second-order valence-electron chi connectivity index (χ2n) is 9.14. The predicted octanol–water partition coefficient (Wildman–Crippen LogP) is 8.86.